The van der Waals surface area contributed by atoms with Gasteiger partial charge < -0.3 is 9.64 Å². The number of rotatable bonds is 4. The molecule has 1 aromatic heterocycles. The second-order valence-corrected chi connectivity index (χ2v) is 8.94. The minimum Gasteiger partial charge on any atom is -0.464 e. The van der Waals surface area contributed by atoms with E-state index in [0.717, 1.165) is 18.4 Å². The van der Waals surface area contributed by atoms with Crippen LogP contribution in [0.4, 0.5) is 0 Å². The lowest BCUT2D eigenvalue weighted by Gasteiger charge is -2.32. The van der Waals surface area contributed by atoms with E-state index in [1.165, 1.54) is 5.51 Å². The van der Waals surface area contributed by atoms with Crippen LogP contribution >= 0.6 is 11.3 Å². The van der Waals surface area contributed by atoms with E-state index in [4.69, 9.17) is 0 Å². The zero-order chi connectivity index (χ0) is 17.4. The van der Waals surface area contributed by atoms with E-state index in [2.05, 4.69) is 14.4 Å². The van der Waals surface area contributed by atoms with Gasteiger partial charge in [0.2, 0.25) is 5.91 Å². The van der Waals surface area contributed by atoms with Crippen LogP contribution in [0.25, 0.3) is 0 Å². The first-order valence-corrected chi connectivity index (χ1v) is 9.27. The second kappa shape index (κ2) is 6.17. The number of methoxy groups -OCH3 is 1. The van der Waals surface area contributed by atoms with Crippen molar-refractivity contribution >= 4 is 33.2 Å². The third kappa shape index (κ3) is 3.70. The number of likely N-dealkylation sites (tertiary alicyclic amines) is 1. The number of carbonyl (C=O) groups excluding carboxylic acids is 2. The average molecular weight is 361 g/mol. The topological polar surface area (TPSA) is 106 Å². The van der Waals surface area contributed by atoms with Gasteiger partial charge in [0.1, 0.15) is 0 Å². The van der Waals surface area contributed by atoms with Gasteiger partial charge in [-0.2, -0.15) is 0 Å². The predicted octanol–water partition coefficient (Wildman–Crippen LogP) is 0.607. The monoisotopic (exact) mass is 361 g/mol. The lowest BCUT2D eigenvalue weighted by Crippen LogP contribution is -2.44. The van der Waals surface area contributed by atoms with E-state index in [1.54, 1.807) is 4.90 Å². The molecule has 0 radical (unpaired) electrons. The summed E-state index contributed by atoms with van der Waals surface area (Å²) in [6, 6.07) is -0.542. The molecule has 128 valence electrons. The number of hydrogen-bond donors (Lipinski definition) is 1. The van der Waals surface area contributed by atoms with Gasteiger partial charge in [-0.25, -0.2) is 22.9 Å². The lowest BCUT2D eigenvalue weighted by atomic mass is 10.1. The summed E-state index contributed by atoms with van der Waals surface area (Å²) in [7, 11) is -2.80. The van der Waals surface area contributed by atoms with Crippen LogP contribution in [-0.2, 0) is 19.6 Å². The van der Waals surface area contributed by atoms with E-state index in [-0.39, 0.29) is 34.3 Å². The molecule has 2 heterocycles. The standard InChI is InChI=1S/C13H19N3O5S2/c1-13(2,3)16-6-8(5-9(16)17)15-23(19,20)12-10(11(18)21-4)14-7-22-12/h7-8,15H,5-6H2,1-4H3. The van der Waals surface area contributed by atoms with Crippen LogP contribution in [0.2, 0.25) is 0 Å². The van der Waals surface area contributed by atoms with Crippen molar-refractivity contribution < 1.29 is 22.7 Å². The average Bonchev–Trinajstić information content (AvgIpc) is 3.03. The summed E-state index contributed by atoms with van der Waals surface area (Å²) in [4.78, 5) is 29.0. The molecule has 0 aliphatic carbocycles. The zero-order valence-electron chi connectivity index (χ0n) is 13.3. The molecule has 1 aliphatic heterocycles. The van der Waals surface area contributed by atoms with Crippen LogP contribution in [0.1, 0.15) is 37.7 Å². The van der Waals surface area contributed by atoms with Crippen LogP contribution in [0.15, 0.2) is 9.72 Å². The summed E-state index contributed by atoms with van der Waals surface area (Å²) >= 11 is 0.830. The Balaban J connectivity index is 2.19. The fourth-order valence-corrected chi connectivity index (χ4v) is 4.74. The Kier molecular flexibility index (Phi) is 4.79. The van der Waals surface area contributed by atoms with Crippen molar-refractivity contribution in [3.8, 4) is 0 Å². The molecule has 0 bridgehead atoms. The molecular weight excluding hydrogens is 342 g/mol. The number of hydrogen-bond acceptors (Lipinski definition) is 7. The maximum atomic E-state index is 12.5. The Morgan fingerprint density at radius 1 is 1.48 bits per heavy atom. The molecule has 1 atom stereocenters. The van der Waals surface area contributed by atoms with Crippen LogP contribution < -0.4 is 4.72 Å². The third-order valence-electron chi connectivity index (χ3n) is 3.41. The smallest absolute Gasteiger partial charge is 0.358 e. The molecule has 1 N–H and O–H groups in total. The molecule has 10 heteroatoms. The van der Waals surface area contributed by atoms with Crippen molar-refractivity contribution in [3.63, 3.8) is 0 Å². The highest BCUT2D eigenvalue weighted by atomic mass is 32.2. The number of ether oxygens (including phenoxy) is 1. The summed E-state index contributed by atoms with van der Waals surface area (Å²) in [6.45, 7) is 5.95. The Labute approximate surface area is 138 Å². The van der Waals surface area contributed by atoms with E-state index in [0.29, 0.717) is 0 Å². The zero-order valence-corrected chi connectivity index (χ0v) is 15.0. The SMILES string of the molecule is COC(=O)c1ncsc1S(=O)(=O)NC1CC(=O)N(C(C)(C)C)C1. The predicted molar refractivity (Wildman–Crippen MR) is 83.6 cm³/mol. The van der Waals surface area contributed by atoms with Crippen LogP contribution in [0.3, 0.4) is 0 Å². The summed E-state index contributed by atoms with van der Waals surface area (Å²) in [5.41, 5.74) is 0.642. The largest absolute Gasteiger partial charge is 0.464 e. The van der Waals surface area contributed by atoms with Crippen molar-refractivity contribution in [2.45, 2.75) is 43.0 Å². The van der Waals surface area contributed by atoms with Crippen LogP contribution in [0.5, 0.6) is 0 Å². The van der Waals surface area contributed by atoms with E-state index in [1.807, 2.05) is 20.8 Å². The fraction of sp³-hybridized carbons (Fsp3) is 0.615. The van der Waals surface area contributed by atoms with Crippen LogP contribution in [-0.4, -0.2) is 55.4 Å². The normalized spacial score (nSPS) is 19.2. The molecule has 1 aliphatic rings. The molecule has 8 nitrogen and oxygen atoms in total. The summed E-state index contributed by atoms with van der Waals surface area (Å²) < 4.78 is 31.8. The maximum Gasteiger partial charge on any atom is 0.358 e. The number of sulfonamides is 1. The number of carbonyl (C=O) groups is 2. The fourth-order valence-electron chi connectivity index (χ4n) is 2.37. The van der Waals surface area contributed by atoms with Gasteiger partial charge in [0.15, 0.2) is 9.90 Å². The van der Waals surface area contributed by atoms with Gasteiger partial charge >= 0.3 is 5.97 Å². The molecule has 1 fully saturated rings. The van der Waals surface area contributed by atoms with Gasteiger partial charge in [-0.15, -0.1) is 11.3 Å². The quantitative estimate of drug-likeness (QED) is 0.788. The van der Waals surface area contributed by atoms with Gasteiger partial charge in [0.25, 0.3) is 10.0 Å². The number of nitrogens with one attached hydrogen (secondary N) is 1. The molecular formula is C13H19N3O5S2. The molecule has 0 aromatic carbocycles. The number of nitrogens with zero attached hydrogens (tertiary/aromatic N) is 2. The number of aromatic nitrogens is 1. The van der Waals surface area contributed by atoms with Gasteiger partial charge in [-0.3, -0.25) is 4.79 Å². The molecule has 1 aromatic rings. The summed E-state index contributed by atoms with van der Waals surface area (Å²) in [6.07, 6.45) is 0.0862. The highest BCUT2D eigenvalue weighted by Crippen LogP contribution is 2.25. The maximum absolute atomic E-state index is 12.5. The Bertz CT molecular complexity index is 720. The second-order valence-electron chi connectivity index (χ2n) is 6.18. The minimum absolute atomic E-state index is 0.0862. The van der Waals surface area contributed by atoms with Crippen LogP contribution in [0, 0.1) is 0 Å². The lowest BCUT2D eigenvalue weighted by molar-refractivity contribution is -0.131. The highest BCUT2D eigenvalue weighted by molar-refractivity contribution is 7.91. The van der Waals surface area contributed by atoms with Gasteiger partial charge in [0.05, 0.1) is 12.6 Å². The van der Waals surface area contributed by atoms with E-state index >= 15 is 0 Å². The number of esters is 1. The van der Waals surface area contributed by atoms with Crippen molar-refractivity contribution in [1.82, 2.24) is 14.6 Å². The van der Waals surface area contributed by atoms with Gasteiger partial charge in [0, 0.05) is 24.5 Å². The van der Waals surface area contributed by atoms with Crippen molar-refractivity contribution in [2.24, 2.45) is 0 Å². The van der Waals surface area contributed by atoms with E-state index < -0.39 is 22.0 Å². The van der Waals surface area contributed by atoms with Gasteiger partial charge in [-0.1, -0.05) is 0 Å². The molecule has 23 heavy (non-hydrogen) atoms. The molecule has 1 saturated heterocycles. The Hall–Kier alpha value is -1.52. The Morgan fingerprint density at radius 2 is 2.13 bits per heavy atom. The third-order valence-corrected chi connectivity index (χ3v) is 6.30. The minimum atomic E-state index is -3.95. The highest BCUT2D eigenvalue weighted by Gasteiger charge is 2.39. The molecule has 0 saturated carbocycles. The summed E-state index contributed by atoms with van der Waals surface area (Å²) in [5.74, 6) is -0.923. The number of amides is 1. The number of thiazole rings is 1. The first-order chi connectivity index (χ1) is 10.6. The Morgan fingerprint density at radius 3 is 2.65 bits per heavy atom. The van der Waals surface area contributed by atoms with Crippen molar-refractivity contribution in [2.75, 3.05) is 13.7 Å². The molecule has 1 amide bonds. The van der Waals surface area contributed by atoms with Crippen molar-refractivity contribution in [1.29, 1.82) is 0 Å². The van der Waals surface area contributed by atoms with E-state index in [9.17, 15) is 18.0 Å². The first kappa shape index (κ1) is 17.8. The van der Waals surface area contributed by atoms with Crippen molar-refractivity contribution in [3.05, 3.63) is 11.2 Å². The molecule has 2 rings (SSSR count). The molecule has 0 spiro atoms. The van der Waals surface area contributed by atoms with Gasteiger partial charge in [-0.05, 0) is 20.8 Å². The first-order valence-electron chi connectivity index (χ1n) is 6.91. The molecule has 1 unspecified atom stereocenters. The summed E-state index contributed by atoms with van der Waals surface area (Å²) in [5, 5.41) is 0.